The highest BCUT2D eigenvalue weighted by Crippen LogP contribution is 2.31. The highest BCUT2D eigenvalue weighted by molar-refractivity contribution is 6.54. The van der Waals surface area contributed by atoms with Gasteiger partial charge >= 0.3 is 0 Å². The highest BCUT2D eigenvalue weighted by Gasteiger charge is 2.35. The Hall–Kier alpha value is -2.64. The van der Waals surface area contributed by atoms with Gasteiger partial charge in [-0.2, -0.15) is 0 Å². The Morgan fingerprint density at radius 1 is 1.08 bits per heavy atom. The van der Waals surface area contributed by atoms with Crippen molar-refractivity contribution in [1.29, 1.82) is 0 Å². The predicted molar refractivity (Wildman–Crippen MR) is 93.7 cm³/mol. The third kappa shape index (κ3) is 3.11. The van der Waals surface area contributed by atoms with Gasteiger partial charge in [-0.1, -0.05) is 18.2 Å². The van der Waals surface area contributed by atoms with Gasteiger partial charge in [-0.15, -0.1) is 0 Å². The predicted octanol–water partition coefficient (Wildman–Crippen LogP) is 2.72. The monoisotopic (exact) mass is 357 g/mol. The molecule has 0 spiro atoms. The van der Waals surface area contributed by atoms with E-state index in [0.29, 0.717) is 25.4 Å². The Kier molecular flexibility index (Phi) is 4.48. The zero-order chi connectivity index (χ0) is 18.1. The Balaban J connectivity index is 1.70. The van der Waals surface area contributed by atoms with Crippen molar-refractivity contribution in [3.63, 3.8) is 0 Å². The minimum Gasteiger partial charge on any atom is -0.379 e. The molecule has 0 N–H and O–H groups in total. The Labute approximate surface area is 149 Å². The van der Waals surface area contributed by atoms with Gasteiger partial charge in [0.2, 0.25) is 0 Å². The van der Waals surface area contributed by atoms with Crippen molar-refractivity contribution in [1.82, 2.24) is 4.90 Å². The molecule has 7 heteroatoms. The molecule has 134 valence electrons. The summed E-state index contributed by atoms with van der Waals surface area (Å²) < 4.78 is 32.4. The second-order valence-corrected chi connectivity index (χ2v) is 6.18. The molecule has 0 unspecified atom stereocenters. The van der Waals surface area contributed by atoms with Crippen molar-refractivity contribution in [3.8, 4) is 0 Å². The second kappa shape index (κ2) is 6.93. The molecule has 2 aromatic carbocycles. The molecule has 26 heavy (non-hydrogen) atoms. The number of morpholine rings is 1. The summed E-state index contributed by atoms with van der Waals surface area (Å²) >= 11 is 0. The lowest BCUT2D eigenvalue weighted by atomic mass is 10.1. The lowest BCUT2D eigenvalue weighted by molar-refractivity contribution is -0.112. The summed E-state index contributed by atoms with van der Waals surface area (Å²) in [6, 6.07) is 10.4. The van der Waals surface area contributed by atoms with E-state index in [4.69, 9.17) is 4.74 Å². The van der Waals surface area contributed by atoms with Gasteiger partial charge in [-0.25, -0.2) is 13.8 Å². The molecule has 4 rings (SSSR count). The molecule has 1 amide bonds. The summed E-state index contributed by atoms with van der Waals surface area (Å²) in [7, 11) is 0. The number of anilines is 1. The molecule has 0 atom stereocenters. The van der Waals surface area contributed by atoms with Crippen molar-refractivity contribution in [2.45, 2.75) is 0 Å². The van der Waals surface area contributed by atoms with Crippen LogP contribution in [0, 0.1) is 11.6 Å². The molecular weight excluding hydrogens is 340 g/mol. The first-order valence-electron chi connectivity index (χ1n) is 8.38. The number of benzene rings is 2. The Morgan fingerprint density at radius 2 is 1.85 bits per heavy atom. The first-order valence-corrected chi connectivity index (χ1v) is 8.38. The van der Waals surface area contributed by atoms with E-state index >= 15 is 0 Å². The number of fused-ring (bicyclic) bond motifs is 1. The fourth-order valence-electron chi connectivity index (χ4n) is 3.15. The fourth-order valence-corrected chi connectivity index (χ4v) is 3.15. The summed E-state index contributed by atoms with van der Waals surface area (Å²) in [5, 5.41) is 0. The SMILES string of the molecule is O=C1C(=Nc2ccc(F)cc2F)c2ccccc2N1CN1CCOCC1. The molecule has 0 saturated carbocycles. The van der Waals surface area contributed by atoms with Gasteiger partial charge in [0.15, 0.2) is 5.82 Å². The van der Waals surface area contributed by atoms with E-state index in [1.165, 1.54) is 6.07 Å². The van der Waals surface area contributed by atoms with E-state index < -0.39 is 11.6 Å². The summed E-state index contributed by atoms with van der Waals surface area (Å²) in [4.78, 5) is 20.9. The maximum Gasteiger partial charge on any atom is 0.278 e. The van der Waals surface area contributed by atoms with Crippen molar-refractivity contribution in [2.75, 3.05) is 37.9 Å². The van der Waals surface area contributed by atoms with Gasteiger partial charge in [0, 0.05) is 24.7 Å². The van der Waals surface area contributed by atoms with Crippen LogP contribution in [0.15, 0.2) is 47.5 Å². The Bertz CT molecular complexity index is 879. The summed E-state index contributed by atoms with van der Waals surface area (Å²) in [5.41, 5.74) is 1.50. The summed E-state index contributed by atoms with van der Waals surface area (Å²) in [6.07, 6.45) is 0. The molecule has 2 aromatic rings. The number of aliphatic imine (C=N–C) groups is 1. The fraction of sp³-hybridized carbons (Fsp3) is 0.263. The van der Waals surface area contributed by atoms with E-state index in [9.17, 15) is 13.6 Å². The number of nitrogens with zero attached hydrogens (tertiary/aromatic N) is 3. The summed E-state index contributed by atoms with van der Waals surface area (Å²) in [5.74, 6) is -1.77. The number of para-hydroxylation sites is 1. The van der Waals surface area contributed by atoms with Crippen LogP contribution in [0.3, 0.4) is 0 Å². The lowest BCUT2D eigenvalue weighted by Crippen LogP contribution is -2.45. The van der Waals surface area contributed by atoms with Crippen LogP contribution in [0.5, 0.6) is 0 Å². The van der Waals surface area contributed by atoms with Gasteiger partial charge in [0.1, 0.15) is 11.5 Å². The Morgan fingerprint density at radius 3 is 2.62 bits per heavy atom. The molecule has 0 aromatic heterocycles. The number of hydrogen-bond acceptors (Lipinski definition) is 4. The van der Waals surface area contributed by atoms with Crippen LogP contribution < -0.4 is 4.90 Å². The number of hydrogen-bond donors (Lipinski definition) is 0. The zero-order valence-corrected chi connectivity index (χ0v) is 14.0. The van der Waals surface area contributed by atoms with Crippen LogP contribution in [0.4, 0.5) is 20.2 Å². The van der Waals surface area contributed by atoms with Crippen molar-refractivity contribution < 1.29 is 18.3 Å². The molecule has 0 bridgehead atoms. The number of amides is 1. The molecule has 0 aliphatic carbocycles. The normalized spacial score (nSPS) is 19.2. The van der Waals surface area contributed by atoms with Crippen LogP contribution in [0.1, 0.15) is 5.56 Å². The molecule has 2 aliphatic heterocycles. The van der Waals surface area contributed by atoms with Crippen LogP contribution in [-0.2, 0) is 9.53 Å². The molecule has 0 radical (unpaired) electrons. The van der Waals surface area contributed by atoms with Gasteiger partial charge in [0.05, 0.1) is 31.3 Å². The van der Waals surface area contributed by atoms with Gasteiger partial charge < -0.3 is 4.74 Å². The molecular formula is C19H17F2N3O2. The zero-order valence-electron chi connectivity index (χ0n) is 14.0. The standard InChI is InChI=1S/C19H17F2N3O2/c20-13-5-6-16(15(21)11-13)22-18-14-3-1-2-4-17(14)24(19(18)25)12-23-7-9-26-10-8-23/h1-6,11H,7-10,12H2. The van der Waals surface area contributed by atoms with E-state index in [1.54, 1.807) is 17.0 Å². The third-order valence-electron chi connectivity index (χ3n) is 4.48. The minimum absolute atomic E-state index is 0.0576. The van der Waals surface area contributed by atoms with Gasteiger partial charge in [-0.05, 0) is 18.2 Å². The van der Waals surface area contributed by atoms with E-state index in [2.05, 4.69) is 9.89 Å². The number of rotatable bonds is 3. The maximum atomic E-state index is 14.0. The largest absolute Gasteiger partial charge is 0.379 e. The topological polar surface area (TPSA) is 45.1 Å². The quantitative estimate of drug-likeness (QED) is 0.849. The third-order valence-corrected chi connectivity index (χ3v) is 4.48. The average molecular weight is 357 g/mol. The minimum atomic E-state index is -0.797. The van der Waals surface area contributed by atoms with Crippen LogP contribution >= 0.6 is 0 Å². The van der Waals surface area contributed by atoms with Crippen molar-refractivity contribution in [2.24, 2.45) is 4.99 Å². The highest BCUT2D eigenvalue weighted by atomic mass is 19.1. The molecule has 2 heterocycles. The molecule has 1 fully saturated rings. The summed E-state index contributed by atoms with van der Waals surface area (Å²) in [6.45, 7) is 3.16. The number of carbonyl (C=O) groups excluding carboxylic acids is 1. The number of carbonyl (C=O) groups is 1. The van der Waals surface area contributed by atoms with Crippen molar-refractivity contribution >= 4 is 23.0 Å². The van der Waals surface area contributed by atoms with E-state index in [-0.39, 0.29) is 17.3 Å². The smallest absolute Gasteiger partial charge is 0.278 e. The lowest BCUT2D eigenvalue weighted by Gasteiger charge is -2.30. The van der Waals surface area contributed by atoms with Crippen LogP contribution in [0.25, 0.3) is 0 Å². The van der Waals surface area contributed by atoms with Gasteiger partial charge in [-0.3, -0.25) is 14.6 Å². The van der Waals surface area contributed by atoms with E-state index in [1.807, 2.05) is 12.1 Å². The molecule has 2 aliphatic rings. The number of halogens is 2. The van der Waals surface area contributed by atoms with Crippen molar-refractivity contribution in [3.05, 3.63) is 59.7 Å². The number of ether oxygens (including phenoxy) is 1. The molecule has 1 saturated heterocycles. The maximum absolute atomic E-state index is 14.0. The second-order valence-electron chi connectivity index (χ2n) is 6.18. The first-order chi connectivity index (χ1) is 12.6. The first kappa shape index (κ1) is 16.8. The molecule has 5 nitrogen and oxygen atoms in total. The van der Waals surface area contributed by atoms with Crippen LogP contribution in [0.2, 0.25) is 0 Å². The van der Waals surface area contributed by atoms with E-state index in [0.717, 1.165) is 30.9 Å². The average Bonchev–Trinajstić information content (AvgIpc) is 2.91. The van der Waals surface area contributed by atoms with Crippen LogP contribution in [-0.4, -0.2) is 49.5 Å². The van der Waals surface area contributed by atoms with Gasteiger partial charge in [0.25, 0.3) is 5.91 Å².